The molecule has 1 aliphatic rings. The van der Waals surface area contributed by atoms with Gasteiger partial charge in [-0.15, -0.1) is 0 Å². The van der Waals surface area contributed by atoms with E-state index in [0.717, 1.165) is 0 Å². The number of halogens is 1. The smallest absolute Gasteiger partial charge is 0.229 e. The summed E-state index contributed by atoms with van der Waals surface area (Å²) < 4.78 is 5.57. The predicted molar refractivity (Wildman–Crippen MR) is 89.8 cm³/mol. The van der Waals surface area contributed by atoms with Gasteiger partial charge in [-0.05, 0) is 24.6 Å². The minimum atomic E-state index is -0.189. The van der Waals surface area contributed by atoms with Gasteiger partial charge in [0, 0.05) is 44.4 Å². The summed E-state index contributed by atoms with van der Waals surface area (Å²) in [5.74, 6) is 0.226. The third-order valence-electron chi connectivity index (χ3n) is 3.83. The van der Waals surface area contributed by atoms with Crippen LogP contribution >= 0.6 is 11.6 Å². The number of imide groups is 1. The summed E-state index contributed by atoms with van der Waals surface area (Å²) in [6.45, 7) is 1.18. The van der Waals surface area contributed by atoms with Crippen LogP contribution in [0.1, 0.15) is 25.7 Å². The summed E-state index contributed by atoms with van der Waals surface area (Å²) in [5, 5.41) is 0.616. The van der Waals surface area contributed by atoms with Gasteiger partial charge in [0.05, 0.1) is 6.61 Å². The highest BCUT2D eigenvalue weighted by Gasteiger charge is 2.29. The van der Waals surface area contributed by atoms with Crippen molar-refractivity contribution in [3.05, 3.63) is 29.3 Å². The highest BCUT2D eigenvalue weighted by Crippen LogP contribution is 2.17. The molecule has 24 heavy (non-hydrogen) atoms. The Kier molecular flexibility index (Phi) is 6.61. The number of hydrogen-bond donors (Lipinski definition) is 0. The largest absolute Gasteiger partial charge is 0.493 e. The third-order valence-corrected chi connectivity index (χ3v) is 4.07. The van der Waals surface area contributed by atoms with Gasteiger partial charge in [0.1, 0.15) is 5.75 Å². The number of nitrogens with zero attached hydrogens (tertiary/aromatic N) is 2. The van der Waals surface area contributed by atoms with Crippen LogP contribution in [0.25, 0.3) is 0 Å². The van der Waals surface area contributed by atoms with Gasteiger partial charge in [-0.3, -0.25) is 19.3 Å². The van der Waals surface area contributed by atoms with Crippen LogP contribution in [0, 0.1) is 0 Å². The molecule has 130 valence electrons. The molecule has 0 saturated carbocycles. The van der Waals surface area contributed by atoms with E-state index in [1.54, 1.807) is 24.1 Å². The van der Waals surface area contributed by atoms with E-state index in [9.17, 15) is 14.4 Å². The Bertz CT molecular complexity index is 604. The van der Waals surface area contributed by atoms with Crippen LogP contribution in [-0.2, 0) is 14.4 Å². The summed E-state index contributed by atoms with van der Waals surface area (Å²) in [4.78, 5) is 37.8. The number of benzene rings is 1. The maximum Gasteiger partial charge on any atom is 0.229 e. The number of rotatable bonds is 8. The molecule has 0 radical (unpaired) electrons. The maximum absolute atomic E-state index is 12.0. The van der Waals surface area contributed by atoms with Crippen molar-refractivity contribution in [1.82, 2.24) is 9.80 Å². The van der Waals surface area contributed by atoms with Crippen molar-refractivity contribution < 1.29 is 19.1 Å². The van der Waals surface area contributed by atoms with Gasteiger partial charge in [-0.2, -0.15) is 0 Å². The SMILES string of the molecule is CN(CCCOc1cccc(Cl)c1)C(=O)CCN1C(=O)CCC1=O. The summed E-state index contributed by atoms with van der Waals surface area (Å²) >= 11 is 5.87. The van der Waals surface area contributed by atoms with E-state index >= 15 is 0 Å². The van der Waals surface area contributed by atoms with E-state index in [0.29, 0.717) is 30.3 Å². The summed E-state index contributed by atoms with van der Waals surface area (Å²) in [6.07, 6.45) is 1.34. The summed E-state index contributed by atoms with van der Waals surface area (Å²) in [7, 11) is 1.70. The van der Waals surface area contributed by atoms with E-state index in [1.165, 1.54) is 4.90 Å². The van der Waals surface area contributed by atoms with Crippen LogP contribution in [0.5, 0.6) is 5.75 Å². The standard InChI is InChI=1S/C17H21ClN2O4/c1-19(9-3-11-24-14-5-2-4-13(18)12-14)15(21)8-10-20-16(22)6-7-17(20)23/h2,4-5,12H,3,6-11H2,1H3. The molecule has 0 N–H and O–H groups in total. The average Bonchev–Trinajstić information content (AvgIpc) is 2.87. The van der Waals surface area contributed by atoms with E-state index in [2.05, 4.69) is 0 Å². The molecule has 1 heterocycles. The van der Waals surface area contributed by atoms with Crippen molar-refractivity contribution in [2.45, 2.75) is 25.7 Å². The highest BCUT2D eigenvalue weighted by molar-refractivity contribution is 6.30. The van der Waals surface area contributed by atoms with Crippen LogP contribution in [0.3, 0.4) is 0 Å². The normalized spacial score (nSPS) is 14.2. The van der Waals surface area contributed by atoms with Gasteiger partial charge in [0.25, 0.3) is 0 Å². The quantitative estimate of drug-likeness (QED) is 0.531. The van der Waals surface area contributed by atoms with Gasteiger partial charge in [0.2, 0.25) is 17.7 Å². The topological polar surface area (TPSA) is 66.9 Å². The molecule has 0 unspecified atom stereocenters. The first-order valence-electron chi connectivity index (χ1n) is 7.93. The monoisotopic (exact) mass is 352 g/mol. The first-order valence-corrected chi connectivity index (χ1v) is 8.30. The Morgan fingerprint density at radius 1 is 1.29 bits per heavy atom. The van der Waals surface area contributed by atoms with Gasteiger partial charge in [-0.1, -0.05) is 17.7 Å². The summed E-state index contributed by atoms with van der Waals surface area (Å²) in [6, 6.07) is 7.15. The van der Waals surface area contributed by atoms with Crippen LogP contribution < -0.4 is 4.74 Å². The minimum absolute atomic E-state index is 0.0924. The number of carbonyl (C=O) groups is 3. The second-order valence-electron chi connectivity index (χ2n) is 5.66. The second-order valence-corrected chi connectivity index (χ2v) is 6.10. The van der Waals surface area contributed by atoms with Gasteiger partial charge in [0.15, 0.2) is 0 Å². The summed E-state index contributed by atoms with van der Waals surface area (Å²) in [5.41, 5.74) is 0. The Morgan fingerprint density at radius 3 is 2.67 bits per heavy atom. The zero-order valence-corrected chi connectivity index (χ0v) is 14.4. The van der Waals surface area contributed by atoms with Gasteiger partial charge < -0.3 is 9.64 Å². The van der Waals surface area contributed by atoms with E-state index in [4.69, 9.17) is 16.3 Å². The van der Waals surface area contributed by atoms with Crippen molar-refractivity contribution in [2.75, 3.05) is 26.7 Å². The van der Waals surface area contributed by atoms with Crippen LogP contribution in [0.4, 0.5) is 0 Å². The van der Waals surface area contributed by atoms with Crippen LogP contribution in [0.15, 0.2) is 24.3 Å². The zero-order chi connectivity index (χ0) is 17.5. The molecule has 0 spiro atoms. The highest BCUT2D eigenvalue weighted by atomic mass is 35.5. The third kappa shape index (κ3) is 5.23. The number of ether oxygens (including phenoxy) is 1. The molecule has 1 aliphatic heterocycles. The predicted octanol–water partition coefficient (Wildman–Crippen LogP) is 2.11. The zero-order valence-electron chi connectivity index (χ0n) is 13.7. The fourth-order valence-corrected chi connectivity index (χ4v) is 2.62. The van der Waals surface area contributed by atoms with Crippen molar-refractivity contribution in [3.8, 4) is 5.75 Å². The number of carbonyl (C=O) groups excluding carboxylic acids is 3. The molecule has 0 aromatic heterocycles. The minimum Gasteiger partial charge on any atom is -0.493 e. The number of likely N-dealkylation sites (tertiary alicyclic amines) is 1. The van der Waals surface area contributed by atoms with Crippen molar-refractivity contribution >= 4 is 29.3 Å². The van der Waals surface area contributed by atoms with Gasteiger partial charge in [-0.25, -0.2) is 0 Å². The lowest BCUT2D eigenvalue weighted by molar-refractivity contribution is -0.139. The first kappa shape index (κ1) is 18.3. The van der Waals surface area contributed by atoms with Crippen LogP contribution in [0.2, 0.25) is 5.02 Å². The molecular formula is C17H21ClN2O4. The molecule has 1 saturated heterocycles. The molecule has 1 aromatic rings. The van der Waals surface area contributed by atoms with Crippen molar-refractivity contribution in [2.24, 2.45) is 0 Å². The van der Waals surface area contributed by atoms with E-state index in [1.807, 2.05) is 12.1 Å². The molecule has 1 aromatic carbocycles. The molecule has 0 aliphatic carbocycles. The van der Waals surface area contributed by atoms with Crippen molar-refractivity contribution in [3.63, 3.8) is 0 Å². The Balaban J connectivity index is 1.64. The fourth-order valence-electron chi connectivity index (χ4n) is 2.44. The lowest BCUT2D eigenvalue weighted by atomic mass is 10.3. The molecule has 2 rings (SSSR count). The average molecular weight is 353 g/mol. The molecule has 7 heteroatoms. The fraction of sp³-hybridized carbons (Fsp3) is 0.471. The lowest BCUT2D eigenvalue weighted by Gasteiger charge is -2.19. The Morgan fingerprint density at radius 2 is 2.00 bits per heavy atom. The second kappa shape index (κ2) is 8.68. The maximum atomic E-state index is 12.0. The number of amides is 3. The molecule has 0 atom stereocenters. The Hall–Kier alpha value is -2.08. The van der Waals surface area contributed by atoms with E-state index in [-0.39, 0.29) is 43.5 Å². The molecule has 6 nitrogen and oxygen atoms in total. The first-order chi connectivity index (χ1) is 11.5. The number of hydrogen-bond acceptors (Lipinski definition) is 4. The van der Waals surface area contributed by atoms with Crippen LogP contribution in [-0.4, -0.2) is 54.3 Å². The van der Waals surface area contributed by atoms with E-state index < -0.39 is 0 Å². The van der Waals surface area contributed by atoms with Gasteiger partial charge >= 0.3 is 0 Å². The molecule has 1 fully saturated rings. The lowest BCUT2D eigenvalue weighted by Crippen LogP contribution is -2.35. The molecule has 3 amide bonds. The molecule has 0 bridgehead atoms. The van der Waals surface area contributed by atoms with Crippen molar-refractivity contribution in [1.29, 1.82) is 0 Å². The Labute approximate surface area is 146 Å². The molecular weight excluding hydrogens is 332 g/mol.